The topological polar surface area (TPSA) is 43.1 Å². The van der Waals surface area contributed by atoms with Gasteiger partial charge in [-0.25, -0.2) is 9.50 Å². The van der Waals surface area contributed by atoms with Gasteiger partial charge in [0.15, 0.2) is 11.3 Å². The highest BCUT2D eigenvalue weighted by Gasteiger charge is 2.35. The summed E-state index contributed by atoms with van der Waals surface area (Å²) < 4.78 is 41.8. The van der Waals surface area contributed by atoms with Crippen molar-refractivity contribution in [2.24, 2.45) is 0 Å². The predicted molar refractivity (Wildman–Crippen MR) is 96.4 cm³/mol. The van der Waals surface area contributed by atoms with Crippen LogP contribution in [0.15, 0.2) is 55.0 Å². The van der Waals surface area contributed by atoms with Crippen molar-refractivity contribution in [3.8, 4) is 22.4 Å². The second kappa shape index (κ2) is 6.35. The van der Waals surface area contributed by atoms with E-state index in [2.05, 4.69) is 15.1 Å². The molecule has 27 heavy (non-hydrogen) atoms. The van der Waals surface area contributed by atoms with Gasteiger partial charge in [0.05, 0.1) is 11.9 Å². The van der Waals surface area contributed by atoms with Gasteiger partial charge in [0.25, 0.3) is 0 Å². The Balaban J connectivity index is 2.01. The number of hydrogen-bond donors (Lipinski definition) is 0. The maximum absolute atomic E-state index is 13.6. The van der Waals surface area contributed by atoms with Gasteiger partial charge in [-0.15, -0.1) is 0 Å². The van der Waals surface area contributed by atoms with Crippen LogP contribution in [0, 0.1) is 6.92 Å². The zero-order valence-corrected chi connectivity index (χ0v) is 14.8. The first-order valence-electron chi connectivity index (χ1n) is 7.97. The lowest BCUT2D eigenvalue weighted by Crippen LogP contribution is -2.13. The van der Waals surface area contributed by atoms with Crippen LogP contribution in [-0.4, -0.2) is 19.6 Å². The first kappa shape index (κ1) is 17.5. The first-order valence-corrected chi connectivity index (χ1v) is 8.35. The second-order valence-electron chi connectivity index (χ2n) is 6.02. The standard InChI is InChI=1S/C19H12ClF3N4/c1-11-8-13(2-3-15(11)20)16-9-17(19(21,22)23)27-18(26-16)14(10-25-27)12-4-6-24-7-5-12/h2-10H,1H3. The van der Waals surface area contributed by atoms with Crippen molar-refractivity contribution in [3.63, 3.8) is 0 Å². The Labute approximate surface area is 157 Å². The van der Waals surface area contributed by atoms with Gasteiger partial charge in [-0.05, 0) is 48.4 Å². The minimum absolute atomic E-state index is 0.124. The molecule has 0 atom stereocenters. The number of nitrogens with zero attached hydrogens (tertiary/aromatic N) is 4. The Morgan fingerprint density at radius 3 is 2.41 bits per heavy atom. The van der Waals surface area contributed by atoms with E-state index in [9.17, 15) is 13.2 Å². The molecule has 0 saturated carbocycles. The van der Waals surface area contributed by atoms with Gasteiger partial charge in [0.2, 0.25) is 0 Å². The lowest BCUT2D eigenvalue weighted by atomic mass is 10.1. The first-order chi connectivity index (χ1) is 12.8. The van der Waals surface area contributed by atoms with Crippen LogP contribution >= 0.6 is 11.6 Å². The summed E-state index contributed by atoms with van der Waals surface area (Å²) in [6.07, 6.45) is -0.0748. The molecule has 0 unspecified atom stereocenters. The van der Waals surface area contributed by atoms with Crippen LogP contribution < -0.4 is 0 Å². The highest BCUT2D eigenvalue weighted by molar-refractivity contribution is 6.31. The van der Waals surface area contributed by atoms with Crippen molar-refractivity contribution in [2.75, 3.05) is 0 Å². The number of rotatable bonds is 2. The van der Waals surface area contributed by atoms with E-state index >= 15 is 0 Å². The van der Waals surface area contributed by atoms with Gasteiger partial charge >= 0.3 is 6.18 Å². The van der Waals surface area contributed by atoms with Crippen molar-refractivity contribution >= 4 is 17.2 Å². The summed E-state index contributed by atoms with van der Waals surface area (Å²) in [4.78, 5) is 8.40. The number of aromatic nitrogens is 4. The SMILES string of the molecule is Cc1cc(-c2cc(C(F)(F)F)n3ncc(-c4ccncc4)c3n2)ccc1Cl. The van der Waals surface area contributed by atoms with Gasteiger partial charge in [-0.2, -0.15) is 18.3 Å². The van der Waals surface area contributed by atoms with E-state index in [-0.39, 0.29) is 11.3 Å². The molecule has 136 valence electrons. The number of halogens is 4. The summed E-state index contributed by atoms with van der Waals surface area (Å²) >= 11 is 6.03. The highest BCUT2D eigenvalue weighted by Crippen LogP contribution is 2.35. The molecule has 4 aromatic rings. The van der Waals surface area contributed by atoms with Crippen molar-refractivity contribution in [1.82, 2.24) is 19.6 Å². The fourth-order valence-electron chi connectivity index (χ4n) is 2.85. The van der Waals surface area contributed by atoms with Gasteiger partial charge in [-0.3, -0.25) is 4.98 Å². The molecule has 0 aliphatic carbocycles. The van der Waals surface area contributed by atoms with E-state index in [4.69, 9.17) is 11.6 Å². The van der Waals surface area contributed by atoms with Crippen molar-refractivity contribution in [2.45, 2.75) is 13.1 Å². The normalized spacial score (nSPS) is 11.9. The van der Waals surface area contributed by atoms with Crippen LogP contribution in [0.3, 0.4) is 0 Å². The Kier molecular flexibility index (Phi) is 4.11. The van der Waals surface area contributed by atoms with Gasteiger partial charge in [-0.1, -0.05) is 17.7 Å². The number of alkyl halides is 3. The molecule has 1 aromatic carbocycles. The molecule has 0 spiro atoms. The molecule has 0 amide bonds. The van der Waals surface area contributed by atoms with Crippen LogP contribution in [0.5, 0.6) is 0 Å². The van der Waals surface area contributed by atoms with Gasteiger partial charge in [0, 0.05) is 28.5 Å². The number of pyridine rings is 1. The van der Waals surface area contributed by atoms with E-state index in [1.54, 1.807) is 49.6 Å². The molecule has 4 rings (SSSR count). The minimum atomic E-state index is -4.58. The molecule has 3 heterocycles. The Morgan fingerprint density at radius 1 is 1.00 bits per heavy atom. The number of benzene rings is 1. The summed E-state index contributed by atoms with van der Waals surface area (Å²) in [7, 11) is 0. The minimum Gasteiger partial charge on any atom is -0.265 e. The average molecular weight is 389 g/mol. The smallest absolute Gasteiger partial charge is 0.265 e. The molecule has 8 heteroatoms. The van der Waals surface area contributed by atoms with E-state index in [1.165, 1.54) is 6.20 Å². The predicted octanol–water partition coefficient (Wildman–Crippen LogP) is 5.44. The third-order valence-electron chi connectivity index (χ3n) is 4.21. The molecular weight excluding hydrogens is 377 g/mol. The molecule has 0 radical (unpaired) electrons. The summed E-state index contributed by atoms with van der Waals surface area (Å²) in [5.74, 6) is 0. The Hall–Kier alpha value is -2.93. The maximum atomic E-state index is 13.6. The van der Waals surface area contributed by atoms with Crippen molar-refractivity contribution < 1.29 is 13.2 Å². The number of hydrogen-bond acceptors (Lipinski definition) is 3. The molecule has 0 N–H and O–H groups in total. The molecule has 3 aromatic heterocycles. The van der Waals surface area contributed by atoms with Crippen LogP contribution in [0.4, 0.5) is 13.2 Å². The van der Waals surface area contributed by atoms with Crippen LogP contribution in [0.25, 0.3) is 28.0 Å². The molecular formula is C19H12ClF3N4. The van der Waals surface area contributed by atoms with E-state index in [0.717, 1.165) is 16.1 Å². The molecule has 0 aliphatic heterocycles. The van der Waals surface area contributed by atoms with Crippen molar-refractivity contribution in [1.29, 1.82) is 0 Å². The van der Waals surface area contributed by atoms with E-state index in [1.807, 2.05) is 0 Å². The maximum Gasteiger partial charge on any atom is 0.433 e. The zero-order valence-electron chi connectivity index (χ0n) is 14.0. The fourth-order valence-corrected chi connectivity index (χ4v) is 2.97. The van der Waals surface area contributed by atoms with Crippen LogP contribution in [-0.2, 0) is 6.18 Å². The van der Waals surface area contributed by atoms with Gasteiger partial charge in [0.1, 0.15) is 0 Å². The third kappa shape index (κ3) is 3.14. The third-order valence-corrected chi connectivity index (χ3v) is 4.63. The largest absolute Gasteiger partial charge is 0.433 e. The second-order valence-corrected chi connectivity index (χ2v) is 6.43. The molecule has 0 aliphatic rings. The van der Waals surface area contributed by atoms with Crippen molar-refractivity contribution in [3.05, 3.63) is 71.3 Å². The Bertz CT molecular complexity index is 1140. The summed E-state index contributed by atoms with van der Waals surface area (Å²) in [5.41, 5.74) is 1.92. The fraction of sp³-hybridized carbons (Fsp3) is 0.105. The lowest BCUT2D eigenvalue weighted by molar-refractivity contribution is -0.142. The summed E-state index contributed by atoms with van der Waals surface area (Å²) in [6.45, 7) is 1.79. The molecule has 0 fully saturated rings. The number of fused-ring (bicyclic) bond motifs is 1. The average Bonchev–Trinajstić information content (AvgIpc) is 3.07. The van der Waals surface area contributed by atoms with E-state index < -0.39 is 11.9 Å². The molecule has 4 nitrogen and oxygen atoms in total. The van der Waals surface area contributed by atoms with E-state index in [0.29, 0.717) is 21.7 Å². The monoisotopic (exact) mass is 388 g/mol. The summed E-state index contributed by atoms with van der Waals surface area (Å²) in [6, 6.07) is 9.40. The molecule has 0 bridgehead atoms. The quantitative estimate of drug-likeness (QED) is 0.459. The Morgan fingerprint density at radius 2 is 1.74 bits per heavy atom. The zero-order chi connectivity index (χ0) is 19.2. The lowest BCUT2D eigenvalue weighted by Gasteiger charge is -2.12. The summed E-state index contributed by atoms with van der Waals surface area (Å²) in [5, 5.41) is 4.46. The number of aryl methyl sites for hydroxylation is 1. The molecule has 0 saturated heterocycles. The van der Waals surface area contributed by atoms with Gasteiger partial charge < -0.3 is 0 Å². The van der Waals surface area contributed by atoms with Crippen LogP contribution in [0.2, 0.25) is 5.02 Å². The van der Waals surface area contributed by atoms with Crippen LogP contribution in [0.1, 0.15) is 11.3 Å². The highest BCUT2D eigenvalue weighted by atomic mass is 35.5.